The molecule has 0 unspecified atom stereocenters. The molecule has 0 bridgehead atoms. The second-order valence-electron chi connectivity index (χ2n) is 4.83. The summed E-state index contributed by atoms with van der Waals surface area (Å²) in [4.78, 5) is 23.1. The van der Waals surface area contributed by atoms with Gasteiger partial charge in [-0.15, -0.1) is 0 Å². The lowest BCUT2D eigenvalue weighted by atomic mass is 10.1. The highest BCUT2D eigenvalue weighted by atomic mass is 16.4. The van der Waals surface area contributed by atoms with E-state index in [1.165, 1.54) is 6.08 Å². The molecule has 22 heavy (non-hydrogen) atoms. The van der Waals surface area contributed by atoms with E-state index >= 15 is 0 Å². The van der Waals surface area contributed by atoms with Crippen molar-refractivity contribution in [2.45, 2.75) is 12.5 Å². The molecule has 1 atom stereocenters. The summed E-state index contributed by atoms with van der Waals surface area (Å²) in [6, 6.07) is 17.6. The highest BCUT2D eigenvalue weighted by Crippen LogP contribution is 2.04. The lowest BCUT2D eigenvalue weighted by Crippen LogP contribution is -2.41. The zero-order chi connectivity index (χ0) is 15.8. The molecule has 0 aliphatic rings. The summed E-state index contributed by atoms with van der Waals surface area (Å²) in [6.07, 6.45) is 3.24. The topological polar surface area (TPSA) is 66.4 Å². The third-order valence-corrected chi connectivity index (χ3v) is 3.12. The normalized spacial score (nSPS) is 12.0. The lowest BCUT2D eigenvalue weighted by Gasteiger charge is -2.13. The monoisotopic (exact) mass is 295 g/mol. The van der Waals surface area contributed by atoms with E-state index in [4.69, 9.17) is 0 Å². The zero-order valence-electron chi connectivity index (χ0n) is 12.0. The Labute approximate surface area is 129 Å². The minimum atomic E-state index is -1.05. The molecule has 2 aromatic carbocycles. The van der Waals surface area contributed by atoms with Crippen LogP contribution in [0.25, 0.3) is 6.08 Å². The van der Waals surface area contributed by atoms with E-state index in [0.29, 0.717) is 0 Å². The van der Waals surface area contributed by atoms with Crippen LogP contribution in [0.3, 0.4) is 0 Å². The number of nitrogens with one attached hydrogen (secondary N) is 1. The molecule has 0 radical (unpaired) electrons. The fourth-order valence-electron chi connectivity index (χ4n) is 2.01. The van der Waals surface area contributed by atoms with Gasteiger partial charge in [0.15, 0.2) is 0 Å². The average Bonchev–Trinajstić information content (AvgIpc) is 2.54. The predicted molar refractivity (Wildman–Crippen MR) is 85.2 cm³/mol. The number of hydrogen-bond donors (Lipinski definition) is 2. The van der Waals surface area contributed by atoms with Crippen LogP contribution < -0.4 is 5.32 Å². The Bertz CT molecular complexity index is 651. The summed E-state index contributed by atoms with van der Waals surface area (Å²) in [7, 11) is 0. The standard InChI is InChI=1S/C18H17NO3/c20-17(12-11-14-7-3-1-4-8-14)19-16(18(21)22)13-15-9-5-2-6-10-15/h1-12,16H,13H2,(H,19,20)(H,21,22)/b12-11-/t16-/m0/s1. The van der Waals surface area contributed by atoms with Crippen molar-refractivity contribution in [3.8, 4) is 0 Å². The number of hydrogen-bond acceptors (Lipinski definition) is 2. The van der Waals surface area contributed by atoms with Gasteiger partial charge in [-0.3, -0.25) is 4.79 Å². The highest BCUT2D eigenvalue weighted by molar-refractivity contribution is 5.94. The molecule has 2 aromatic rings. The molecule has 0 aliphatic heterocycles. The molecule has 2 N–H and O–H groups in total. The van der Waals surface area contributed by atoms with Gasteiger partial charge in [0.05, 0.1) is 0 Å². The van der Waals surface area contributed by atoms with E-state index in [2.05, 4.69) is 5.32 Å². The van der Waals surface area contributed by atoms with E-state index < -0.39 is 17.9 Å². The van der Waals surface area contributed by atoms with E-state index in [1.807, 2.05) is 60.7 Å². The number of aliphatic carboxylic acids is 1. The molecular weight excluding hydrogens is 278 g/mol. The molecule has 112 valence electrons. The number of amides is 1. The van der Waals surface area contributed by atoms with Gasteiger partial charge in [-0.2, -0.15) is 0 Å². The van der Waals surface area contributed by atoms with Gasteiger partial charge in [0.1, 0.15) is 6.04 Å². The van der Waals surface area contributed by atoms with Crippen LogP contribution in [0.1, 0.15) is 11.1 Å². The maximum atomic E-state index is 11.9. The van der Waals surface area contributed by atoms with Crippen molar-refractivity contribution < 1.29 is 14.7 Å². The summed E-state index contributed by atoms with van der Waals surface area (Å²) in [5.74, 6) is -1.47. The van der Waals surface area contributed by atoms with Gasteiger partial charge in [-0.05, 0) is 17.2 Å². The van der Waals surface area contributed by atoms with Crippen molar-refractivity contribution in [1.82, 2.24) is 5.32 Å². The second kappa shape index (κ2) is 7.78. The Hall–Kier alpha value is -2.88. The smallest absolute Gasteiger partial charge is 0.326 e. The summed E-state index contributed by atoms with van der Waals surface area (Å²) < 4.78 is 0. The molecule has 0 saturated heterocycles. The van der Waals surface area contributed by atoms with Crippen molar-refractivity contribution in [1.29, 1.82) is 0 Å². The molecule has 0 aromatic heterocycles. The van der Waals surface area contributed by atoms with Crippen LogP contribution in [0.5, 0.6) is 0 Å². The Morgan fingerprint density at radius 3 is 2.18 bits per heavy atom. The minimum absolute atomic E-state index is 0.251. The van der Waals surface area contributed by atoms with Gasteiger partial charge in [0.25, 0.3) is 0 Å². The zero-order valence-corrected chi connectivity index (χ0v) is 12.0. The van der Waals surface area contributed by atoms with Crippen LogP contribution in [0.4, 0.5) is 0 Å². The molecule has 0 heterocycles. The van der Waals surface area contributed by atoms with Gasteiger partial charge in [-0.1, -0.05) is 60.7 Å². The minimum Gasteiger partial charge on any atom is -0.480 e. The third kappa shape index (κ3) is 4.90. The van der Waals surface area contributed by atoms with Crippen LogP contribution in [-0.2, 0) is 16.0 Å². The van der Waals surface area contributed by atoms with Crippen molar-refractivity contribution in [2.24, 2.45) is 0 Å². The predicted octanol–water partition coefficient (Wildman–Crippen LogP) is 2.51. The first-order valence-electron chi connectivity index (χ1n) is 6.95. The molecule has 4 nitrogen and oxygen atoms in total. The summed E-state index contributed by atoms with van der Waals surface area (Å²) in [5, 5.41) is 11.7. The molecule has 4 heteroatoms. The maximum Gasteiger partial charge on any atom is 0.326 e. The van der Waals surface area contributed by atoms with Crippen molar-refractivity contribution >= 4 is 18.0 Å². The van der Waals surface area contributed by atoms with Crippen molar-refractivity contribution in [2.75, 3.05) is 0 Å². The largest absolute Gasteiger partial charge is 0.480 e. The summed E-state index contributed by atoms with van der Waals surface area (Å²) in [6.45, 7) is 0. The Morgan fingerprint density at radius 2 is 1.59 bits per heavy atom. The third-order valence-electron chi connectivity index (χ3n) is 3.12. The first kappa shape index (κ1) is 15.5. The quantitative estimate of drug-likeness (QED) is 0.805. The first-order valence-corrected chi connectivity index (χ1v) is 6.95. The fraction of sp³-hybridized carbons (Fsp3) is 0.111. The van der Waals surface area contributed by atoms with Gasteiger partial charge in [-0.25, -0.2) is 4.79 Å². The number of carbonyl (C=O) groups excluding carboxylic acids is 1. The fourth-order valence-corrected chi connectivity index (χ4v) is 2.01. The second-order valence-corrected chi connectivity index (χ2v) is 4.83. The van der Waals surface area contributed by atoms with E-state index in [-0.39, 0.29) is 6.42 Å². The van der Waals surface area contributed by atoms with Gasteiger partial charge < -0.3 is 10.4 Å². The molecule has 1 amide bonds. The molecule has 0 saturated carbocycles. The molecule has 0 spiro atoms. The Balaban J connectivity index is 1.97. The van der Waals surface area contributed by atoms with Gasteiger partial charge in [0.2, 0.25) is 5.91 Å². The number of carbonyl (C=O) groups is 2. The van der Waals surface area contributed by atoms with Gasteiger partial charge in [0, 0.05) is 12.5 Å². The number of benzene rings is 2. The van der Waals surface area contributed by atoms with Crippen LogP contribution in [-0.4, -0.2) is 23.0 Å². The SMILES string of the molecule is O=C(/C=C\c1ccccc1)N[C@@H](Cc1ccccc1)C(=O)O. The summed E-state index contributed by atoms with van der Waals surface area (Å²) >= 11 is 0. The lowest BCUT2D eigenvalue weighted by molar-refractivity contribution is -0.141. The Morgan fingerprint density at radius 1 is 1.00 bits per heavy atom. The first-order chi connectivity index (χ1) is 10.6. The molecule has 0 fully saturated rings. The van der Waals surface area contributed by atoms with Crippen LogP contribution in [0, 0.1) is 0 Å². The molecular formula is C18H17NO3. The van der Waals surface area contributed by atoms with Crippen LogP contribution in [0.2, 0.25) is 0 Å². The maximum absolute atomic E-state index is 11.9. The van der Waals surface area contributed by atoms with Crippen LogP contribution >= 0.6 is 0 Å². The molecule has 2 rings (SSSR count). The van der Waals surface area contributed by atoms with Crippen molar-refractivity contribution in [3.05, 3.63) is 77.9 Å². The molecule has 0 aliphatic carbocycles. The van der Waals surface area contributed by atoms with Gasteiger partial charge >= 0.3 is 5.97 Å². The highest BCUT2D eigenvalue weighted by Gasteiger charge is 2.19. The van der Waals surface area contributed by atoms with Crippen molar-refractivity contribution in [3.63, 3.8) is 0 Å². The number of carboxylic acids is 1. The van der Waals surface area contributed by atoms with Crippen LogP contribution in [0.15, 0.2) is 66.7 Å². The number of rotatable bonds is 6. The summed E-state index contributed by atoms with van der Waals surface area (Å²) in [5.41, 5.74) is 1.75. The van der Waals surface area contributed by atoms with E-state index in [9.17, 15) is 14.7 Å². The Kier molecular flexibility index (Phi) is 5.49. The van der Waals surface area contributed by atoms with E-state index in [1.54, 1.807) is 6.08 Å². The average molecular weight is 295 g/mol. The van der Waals surface area contributed by atoms with E-state index in [0.717, 1.165) is 11.1 Å². The number of carboxylic acid groups (broad SMARTS) is 1.